The van der Waals surface area contributed by atoms with Gasteiger partial charge in [-0.25, -0.2) is 0 Å². The van der Waals surface area contributed by atoms with Crippen LogP contribution in [0, 0.1) is 5.92 Å². The highest BCUT2D eigenvalue weighted by atomic mass is 16.2. The van der Waals surface area contributed by atoms with Crippen molar-refractivity contribution in [2.24, 2.45) is 5.92 Å². The van der Waals surface area contributed by atoms with Crippen molar-refractivity contribution in [2.45, 2.75) is 38.6 Å². The molecule has 3 rings (SSSR count). The second-order valence-electron chi connectivity index (χ2n) is 6.69. The lowest BCUT2D eigenvalue weighted by Gasteiger charge is -2.44. The molecule has 108 valence electrons. The van der Waals surface area contributed by atoms with E-state index >= 15 is 0 Å². The van der Waals surface area contributed by atoms with Crippen LogP contribution in [0.15, 0.2) is 24.3 Å². The highest BCUT2D eigenvalue weighted by Crippen LogP contribution is 2.29. The molecule has 0 aromatic heterocycles. The number of nitrogens with zero attached hydrogens (tertiary/aromatic N) is 1. The van der Waals surface area contributed by atoms with Crippen molar-refractivity contribution in [3.63, 3.8) is 0 Å². The molecule has 20 heavy (non-hydrogen) atoms. The molecule has 0 radical (unpaired) electrons. The van der Waals surface area contributed by atoms with Gasteiger partial charge in [-0.1, -0.05) is 24.3 Å². The summed E-state index contributed by atoms with van der Waals surface area (Å²) in [7, 11) is 0. The summed E-state index contributed by atoms with van der Waals surface area (Å²) >= 11 is 0. The zero-order valence-corrected chi connectivity index (χ0v) is 12.5. The van der Waals surface area contributed by atoms with Crippen molar-refractivity contribution in [3.05, 3.63) is 35.4 Å². The molecule has 1 aromatic carbocycles. The molecule has 1 aromatic rings. The summed E-state index contributed by atoms with van der Waals surface area (Å²) < 4.78 is 0. The first-order valence-corrected chi connectivity index (χ1v) is 7.67. The van der Waals surface area contributed by atoms with Gasteiger partial charge in [0.15, 0.2) is 0 Å². The third-order valence-corrected chi connectivity index (χ3v) is 4.76. The topological polar surface area (TPSA) is 32.3 Å². The molecule has 1 amide bonds. The van der Waals surface area contributed by atoms with E-state index in [0.717, 1.165) is 38.9 Å². The van der Waals surface area contributed by atoms with Gasteiger partial charge in [-0.15, -0.1) is 0 Å². The van der Waals surface area contributed by atoms with Crippen molar-refractivity contribution < 1.29 is 4.79 Å². The van der Waals surface area contributed by atoms with Gasteiger partial charge in [0.25, 0.3) is 0 Å². The van der Waals surface area contributed by atoms with Gasteiger partial charge in [0, 0.05) is 31.1 Å². The molecular formula is C17H24N2O. The van der Waals surface area contributed by atoms with Crippen LogP contribution in [-0.2, 0) is 17.6 Å². The lowest BCUT2D eigenvalue weighted by atomic mass is 9.82. The van der Waals surface area contributed by atoms with E-state index in [1.165, 1.54) is 11.1 Å². The fourth-order valence-electron chi connectivity index (χ4n) is 3.52. The first-order chi connectivity index (χ1) is 9.58. The minimum atomic E-state index is -0.0632. The number of hydrogen-bond donors (Lipinski definition) is 1. The maximum absolute atomic E-state index is 12.9. The Hall–Kier alpha value is -1.35. The largest absolute Gasteiger partial charge is 0.335 e. The summed E-state index contributed by atoms with van der Waals surface area (Å²) in [6.07, 6.45) is 2.95. The Morgan fingerprint density at radius 2 is 2.05 bits per heavy atom. The second-order valence-corrected chi connectivity index (χ2v) is 6.69. The molecule has 0 spiro atoms. The molecule has 1 aliphatic carbocycles. The summed E-state index contributed by atoms with van der Waals surface area (Å²) in [6, 6.07) is 8.56. The molecular weight excluding hydrogens is 248 g/mol. The van der Waals surface area contributed by atoms with Crippen LogP contribution in [0.3, 0.4) is 0 Å². The number of amides is 1. The average Bonchev–Trinajstić information content (AvgIpc) is 2.45. The van der Waals surface area contributed by atoms with Gasteiger partial charge < -0.3 is 10.2 Å². The zero-order chi connectivity index (χ0) is 14.2. The number of fused-ring (bicyclic) bond motifs is 1. The minimum Gasteiger partial charge on any atom is -0.335 e. The summed E-state index contributed by atoms with van der Waals surface area (Å²) in [6.45, 7) is 6.96. The smallest absolute Gasteiger partial charge is 0.226 e. The van der Waals surface area contributed by atoms with E-state index in [1.807, 2.05) is 0 Å². The third kappa shape index (κ3) is 2.47. The van der Waals surface area contributed by atoms with E-state index in [2.05, 4.69) is 48.3 Å². The van der Waals surface area contributed by atoms with Crippen molar-refractivity contribution in [1.82, 2.24) is 10.2 Å². The van der Waals surface area contributed by atoms with Crippen molar-refractivity contribution in [3.8, 4) is 0 Å². The fourth-order valence-corrected chi connectivity index (χ4v) is 3.52. The number of benzene rings is 1. The van der Waals surface area contributed by atoms with Gasteiger partial charge in [0.2, 0.25) is 5.91 Å². The van der Waals surface area contributed by atoms with Crippen LogP contribution in [0.25, 0.3) is 0 Å². The molecule has 1 aliphatic heterocycles. The number of carbonyl (C=O) groups is 1. The third-order valence-electron chi connectivity index (χ3n) is 4.76. The molecule has 1 N–H and O–H groups in total. The van der Waals surface area contributed by atoms with Crippen LogP contribution in [0.5, 0.6) is 0 Å². The number of rotatable bonds is 1. The summed E-state index contributed by atoms with van der Waals surface area (Å²) in [4.78, 5) is 15.0. The first-order valence-electron chi connectivity index (χ1n) is 7.67. The fraction of sp³-hybridized carbons (Fsp3) is 0.588. The van der Waals surface area contributed by atoms with Gasteiger partial charge in [0.05, 0.1) is 0 Å². The van der Waals surface area contributed by atoms with Crippen molar-refractivity contribution in [1.29, 1.82) is 0 Å². The molecule has 2 aliphatic rings. The second kappa shape index (κ2) is 5.21. The van der Waals surface area contributed by atoms with Gasteiger partial charge in [0.1, 0.15) is 0 Å². The molecule has 0 bridgehead atoms. The van der Waals surface area contributed by atoms with Crippen LogP contribution in [0.4, 0.5) is 0 Å². The number of nitrogens with one attached hydrogen (secondary N) is 1. The van der Waals surface area contributed by atoms with E-state index in [1.54, 1.807) is 0 Å². The highest BCUT2D eigenvalue weighted by Gasteiger charge is 2.37. The highest BCUT2D eigenvalue weighted by molar-refractivity contribution is 5.80. The average molecular weight is 272 g/mol. The van der Waals surface area contributed by atoms with Crippen LogP contribution in [0.2, 0.25) is 0 Å². The van der Waals surface area contributed by atoms with Gasteiger partial charge >= 0.3 is 0 Å². The molecule has 1 saturated heterocycles. The van der Waals surface area contributed by atoms with Crippen LogP contribution >= 0.6 is 0 Å². The SMILES string of the molecule is CC1(C)CNCCN1C(=O)C1CCc2ccccc2C1. The first kappa shape index (κ1) is 13.6. The minimum absolute atomic E-state index is 0.0632. The van der Waals surface area contributed by atoms with Crippen LogP contribution < -0.4 is 5.32 Å². The van der Waals surface area contributed by atoms with E-state index in [4.69, 9.17) is 0 Å². The van der Waals surface area contributed by atoms with Gasteiger partial charge in [-0.2, -0.15) is 0 Å². The molecule has 3 nitrogen and oxygen atoms in total. The number of carbonyl (C=O) groups excluding carboxylic acids is 1. The molecule has 0 saturated carbocycles. The van der Waals surface area contributed by atoms with Crippen LogP contribution in [0.1, 0.15) is 31.4 Å². The number of hydrogen-bond acceptors (Lipinski definition) is 2. The Morgan fingerprint density at radius 1 is 1.30 bits per heavy atom. The van der Waals surface area contributed by atoms with E-state index in [9.17, 15) is 4.79 Å². The Balaban J connectivity index is 1.76. The molecule has 1 heterocycles. The normalized spacial score (nSPS) is 25.1. The van der Waals surface area contributed by atoms with Crippen molar-refractivity contribution >= 4 is 5.91 Å². The summed E-state index contributed by atoms with van der Waals surface area (Å²) in [5, 5.41) is 3.38. The van der Waals surface area contributed by atoms with E-state index < -0.39 is 0 Å². The summed E-state index contributed by atoms with van der Waals surface area (Å²) in [5.74, 6) is 0.522. The Kier molecular flexibility index (Phi) is 3.55. The lowest BCUT2D eigenvalue weighted by molar-refractivity contribution is -0.142. The molecule has 1 fully saturated rings. The van der Waals surface area contributed by atoms with Gasteiger partial charge in [-0.05, 0) is 44.2 Å². The maximum Gasteiger partial charge on any atom is 0.226 e. The monoisotopic (exact) mass is 272 g/mol. The Bertz CT molecular complexity index is 509. The molecule has 3 heteroatoms. The molecule has 1 unspecified atom stereocenters. The Morgan fingerprint density at radius 3 is 2.80 bits per heavy atom. The van der Waals surface area contributed by atoms with Crippen molar-refractivity contribution in [2.75, 3.05) is 19.6 Å². The van der Waals surface area contributed by atoms with E-state index in [-0.39, 0.29) is 11.5 Å². The zero-order valence-electron chi connectivity index (χ0n) is 12.5. The standard InChI is InChI=1S/C17H24N2O/c1-17(2)12-18-9-10-19(17)16(20)15-8-7-13-5-3-4-6-14(13)11-15/h3-6,15,18H,7-12H2,1-2H3. The van der Waals surface area contributed by atoms with Gasteiger partial charge in [-0.3, -0.25) is 4.79 Å². The summed E-state index contributed by atoms with van der Waals surface area (Å²) in [5.41, 5.74) is 2.73. The van der Waals surface area contributed by atoms with Crippen LogP contribution in [-0.4, -0.2) is 36.0 Å². The molecule has 1 atom stereocenters. The Labute approximate surface area is 121 Å². The quantitative estimate of drug-likeness (QED) is 0.848. The van der Waals surface area contributed by atoms with E-state index in [0.29, 0.717) is 5.91 Å². The predicted octanol–water partition coefficient (Wildman–Crippen LogP) is 2.00. The predicted molar refractivity (Wildman–Crippen MR) is 80.6 cm³/mol. The number of aryl methyl sites for hydroxylation is 1. The maximum atomic E-state index is 12.9. The lowest BCUT2D eigenvalue weighted by Crippen LogP contribution is -2.61. The number of piperazine rings is 1.